The Hall–Kier alpha value is -1.75. The van der Waals surface area contributed by atoms with Crippen LogP contribution in [0.25, 0.3) is 0 Å². The lowest BCUT2D eigenvalue weighted by atomic mass is 10.2. The fourth-order valence-corrected chi connectivity index (χ4v) is 2.33. The number of likely N-dealkylation sites (N-methyl/N-ethyl adjacent to an activating group) is 1. The minimum absolute atomic E-state index is 0.113. The van der Waals surface area contributed by atoms with E-state index in [1.54, 1.807) is 7.11 Å². The summed E-state index contributed by atoms with van der Waals surface area (Å²) in [7, 11) is 1.64. The summed E-state index contributed by atoms with van der Waals surface area (Å²) in [6, 6.07) is 6.34. The summed E-state index contributed by atoms with van der Waals surface area (Å²) in [6.45, 7) is 6.60. The predicted molar refractivity (Wildman–Crippen MR) is 86.3 cm³/mol. The van der Waals surface area contributed by atoms with Crippen molar-refractivity contribution in [2.45, 2.75) is 39.3 Å². The Kier molecular flexibility index (Phi) is 6.07. The van der Waals surface area contributed by atoms with Gasteiger partial charge < -0.3 is 14.8 Å². The Balaban J connectivity index is 1.95. The first-order valence-corrected chi connectivity index (χ1v) is 7.97. The van der Waals surface area contributed by atoms with Crippen LogP contribution in [0.3, 0.4) is 0 Å². The number of nitrogens with one attached hydrogen (secondary N) is 1. The minimum atomic E-state index is 0.113. The molecule has 0 saturated heterocycles. The highest BCUT2D eigenvalue weighted by Gasteiger charge is 2.23. The number of hydrogen-bond donors (Lipinski definition) is 1. The number of rotatable bonds is 9. The maximum atomic E-state index is 11.9. The first kappa shape index (κ1) is 16.6. The molecule has 5 nitrogen and oxygen atoms in total. The molecule has 122 valence electrons. The van der Waals surface area contributed by atoms with Gasteiger partial charge in [-0.1, -0.05) is 13.0 Å². The van der Waals surface area contributed by atoms with Crippen LogP contribution in [0.15, 0.2) is 18.2 Å². The zero-order valence-electron chi connectivity index (χ0n) is 13.7. The smallest absolute Gasteiger partial charge is 0.234 e. The number of nitrogens with zero attached hydrogens (tertiary/aromatic N) is 1. The average Bonchev–Trinajstić information content (AvgIpc) is 3.32. The van der Waals surface area contributed by atoms with Crippen molar-refractivity contribution in [1.29, 1.82) is 0 Å². The Morgan fingerprint density at radius 1 is 1.32 bits per heavy atom. The van der Waals surface area contributed by atoms with Crippen LogP contribution in [0.5, 0.6) is 11.5 Å². The third-order valence-corrected chi connectivity index (χ3v) is 3.69. The zero-order chi connectivity index (χ0) is 15.9. The van der Waals surface area contributed by atoms with Gasteiger partial charge in [-0.15, -0.1) is 0 Å². The molecule has 1 N–H and O–H groups in total. The van der Waals surface area contributed by atoms with Crippen LogP contribution in [-0.2, 0) is 11.3 Å². The molecular formula is C17H26N2O3. The highest BCUT2D eigenvalue weighted by Crippen LogP contribution is 2.28. The fraction of sp³-hybridized carbons (Fsp3) is 0.588. The van der Waals surface area contributed by atoms with Crippen molar-refractivity contribution in [2.24, 2.45) is 0 Å². The molecule has 2 rings (SSSR count). The second-order valence-corrected chi connectivity index (χ2v) is 5.56. The zero-order valence-corrected chi connectivity index (χ0v) is 13.7. The van der Waals surface area contributed by atoms with Gasteiger partial charge in [-0.2, -0.15) is 0 Å². The van der Waals surface area contributed by atoms with Crippen molar-refractivity contribution in [3.8, 4) is 11.5 Å². The van der Waals surface area contributed by atoms with E-state index >= 15 is 0 Å². The van der Waals surface area contributed by atoms with Gasteiger partial charge in [0.2, 0.25) is 5.91 Å². The van der Waals surface area contributed by atoms with Gasteiger partial charge in [-0.25, -0.2) is 0 Å². The van der Waals surface area contributed by atoms with Crippen molar-refractivity contribution in [3.05, 3.63) is 23.8 Å². The molecule has 0 atom stereocenters. The van der Waals surface area contributed by atoms with Gasteiger partial charge in [-0.05, 0) is 44.0 Å². The number of methoxy groups -OCH3 is 1. The van der Waals surface area contributed by atoms with E-state index < -0.39 is 0 Å². The van der Waals surface area contributed by atoms with Crippen molar-refractivity contribution >= 4 is 5.91 Å². The number of hydrogen-bond acceptors (Lipinski definition) is 4. The first-order valence-electron chi connectivity index (χ1n) is 7.97. The van der Waals surface area contributed by atoms with E-state index in [1.165, 1.54) is 0 Å². The molecule has 1 aromatic rings. The second-order valence-electron chi connectivity index (χ2n) is 5.56. The highest BCUT2D eigenvalue weighted by atomic mass is 16.5. The molecule has 0 unspecified atom stereocenters. The van der Waals surface area contributed by atoms with Gasteiger partial charge >= 0.3 is 0 Å². The Morgan fingerprint density at radius 2 is 2.09 bits per heavy atom. The summed E-state index contributed by atoms with van der Waals surface area (Å²) < 4.78 is 10.9. The van der Waals surface area contributed by atoms with Gasteiger partial charge in [0.05, 0.1) is 20.3 Å². The van der Waals surface area contributed by atoms with Gasteiger partial charge in [0.25, 0.3) is 0 Å². The molecule has 1 aromatic carbocycles. The number of benzene rings is 1. The quantitative estimate of drug-likeness (QED) is 0.760. The molecular weight excluding hydrogens is 280 g/mol. The first-order chi connectivity index (χ1) is 10.7. The molecule has 5 heteroatoms. The molecule has 0 aliphatic heterocycles. The maximum Gasteiger partial charge on any atom is 0.234 e. The molecule has 0 radical (unpaired) electrons. The van der Waals surface area contributed by atoms with E-state index in [4.69, 9.17) is 9.47 Å². The molecule has 0 bridgehead atoms. The maximum absolute atomic E-state index is 11.9. The van der Waals surface area contributed by atoms with E-state index in [-0.39, 0.29) is 5.91 Å². The SMILES string of the molecule is CCOc1ccc(CN(CC)CC(=O)NC2CC2)cc1OC. The summed E-state index contributed by atoms with van der Waals surface area (Å²) in [5.74, 6) is 1.60. The van der Waals surface area contributed by atoms with Crippen molar-refractivity contribution in [1.82, 2.24) is 10.2 Å². The average molecular weight is 306 g/mol. The van der Waals surface area contributed by atoms with E-state index in [1.807, 2.05) is 25.1 Å². The summed E-state index contributed by atoms with van der Waals surface area (Å²) in [5.41, 5.74) is 1.11. The van der Waals surface area contributed by atoms with E-state index in [0.717, 1.165) is 43.0 Å². The van der Waals surface area contributed by atoms with E-state index in [0.29, 0.717) is 19.2 Å². The van der Waals surface area contributed by atoms with Crippen molar-refractivity contribution < 1.29 is 14.3 Å². The molecule has 22 heavy (non-hydrogen) atoms. The van der Waals surface area contributed by atoms with E-state index in [9.17, 15) is 4.79 Å². The lowest BCUT2D eigenvalue weighted by Crippen LogP contribution is -2.37. The van der Waals surface area contributed by atoms with Crippen LogP contribution in [-0.4, -0.2) is 43.7 Å². The Labute approximate surface area is 132 Å². The largest absolute Gasteiger partial charge is 0.493 e. The standard InChI is InChI=1S/C17H26N2O3/c1-4-19(12-17(20)18-14-7-8-14)11-13-6-9-15(22-5-2)16(10-13)21-3/h6,9-10,14H,4-5,7-8,11-12H2,1-3H3,(H,18,20). The van der Waals surface area contributed by atoms with Crippen LogP contribution in [0, 0.1) is 0 Å². The summed E-state index contributed by atoms with van der Waals surface area (Å²) in [5, 5.41) is 3.03. The highest BCUT2D eigenvalue weighted by molar-refractivity contribution is 5.78. The van der Waals surface area contributed by atoms with Crippen molar-refractivity contribution in [3.63, 3.8) is 0 Å². The summed E-state index contributed by atoms with van der Waals surface area (Å²) >= 11 is 0. The van der Waals surface area contributed by atoms with Crippen molar-refractivity contribution in [2.75, 3.05) is 26.8 Å². The van der Waals surface area contributed by atoms with Gasteiger partial charge in [0.15, 0.2) is 11.5 Å². The Bertz CT molecular complexity index is 501. The monoisotopic (exact) mass is 306 g/mol. The molecule has 1 aliphatic rings. The third-order valence-electron chi connectivity index (χ3n) is 3.69. The fourth-order valence-electron chi connectivity index (χ4n) is 2.33. The lowest BCUT2D eigenvalue weighted by molar-refractivity contribution is -0.122. The topological polar surface area (TPSA) is 50.8 Å². The normalized spacial score (nSPS) is 14.0. The number of carbonyl (C=O) groups is 1. The Morgan fingerprint density at radius 3 is 2.68 bits per heavy atom. The van der Waals surface area contributed by atoms with Gasteiger partial charge in [0, 0.05) is 12.6 Å². The van der Waals surface area contributed by atoms with Crippen LogP contribution >= 0.6 is 0 Å². The molecule has 1 amide bonds. The number of carbonyl (C=O) groups excluding carboxylic acids is 1. The molecule has 0 spiro atoms. The van der Waals surface area contributed by atoms with Crippen LogP contribution in [0.4, 0.5) is 0 Å². The molecule has 0 heterocycles. The van der Waals surface area contributed by atoms with Crippen LogP contribution in [0.2, 0.25) is 0 Å². The number of ether oxygens (including phenoxy) is 2. The predicted octanol–water partition coefficient (Wildman–Crippen LogP) is 2.19. The van der Waals surface area contributed by atoms with Crippen LogP contribution in [0.1, 0.15) is 32.3 Å². The van der Waals surface area contributed by atoms with E-state index in [2.05, 4.69) is 17.1 Å². The van der Waals surface area contributed by atoms with Crippen LogP contribution < -0.4 is 14.8 Å². The minimum Gasteiger partial charge on any atom is -0.493 e. The van der Waals surface area contributed by atoms with Gasteiger partial charge in [-0.3, -0.25) is 9.69 Å². The molecule has 1 fully saturated rings. The summed E-state index contributed by atoms with van der Waals surface area (Å²) in [6.07, 6.45) is 2.24. The second kappa shape index (κ2) is 8.03. The number of amides is 1. The molecule has 0 aromatic heterocycles. The lowest BCUT2D eigenvalue weighted by Gasteiger charge is -2.20. The molecule has 1 aliphatic carbocycles. The third kappa shape index (κ3) is 4.91. The molecule has 1 saturated carbocycles. The van der Waals surface area contributed by atoms with Gasteiger partial charge in [0.1, 0.15) is 0 Å². The summed E-state index contributed by atoms with van der Waals surface area (Å²) in [4.78, 5) is 14.0.